The summed E-state index contributed by atoms with van der Waals surface area (Å²) in [5.74, 6) is -0.401. The number of aliphatic carboxylic acids is 1. The molecular formula is C13H23N3O2. The van der Waals surface area contributed by atoms with Crippen LogP contribution in [0.1, 0.15) is 26.3 Å². The number of carboxylic acids is 1. The van der Waals surface area contributed by atoms with Crippen LogP contribution in [0.2, 0.25) is 0 Å². The molecule has 0 aromatic heterocycles. The van der Waals surface area contributed by atoms with Gasteiger partial charge in [0.2, 0.25) is 0 Å². The first kappa shape index (κ1) is 18.3. The SMILES string of the molecule is CC(=O)O.CC(C)Cc1ccccc1.N=C(N)N. The molecule has 5 nitrogen and oxygen atoms in total. The average molecular weight is 253 g/mol. The second-order valence-electron chi connectivity index (χ2n) is 4.06. The van der Waals surface area contributed by atoms with E-state index in [1.807, 2.05) is 0 Å². The molecule has 6 N–H and O–H groups in total. The van der Waals surface area contributed by atoms with E-state index in [4.69, 9.17) is 15.3 Å². The summed E-state index contributed by atoms with van der Waals surface area (Å²) in [6.07, 6.45) is 1.20. The Morgan fingerprint density at radius 3 is 1.89 bits per heavy atom. The number of carbonyl (C=O) groups is 1. The Balaban J connectivity index is 0. The number of nitrogens with two attached hydrogens (primary N) is 2. The summed E-state index contributed by atoms with van der Waals surface area (Å²) < 4.78 is 0. The van der Waals surface area contributed by atoms with E-state index in [0.29, 0.717) is 0 Å². The van der Waals surface area contributed by atoms with Gasteiger partial charge in [-0.05, 0) is 17.9 Å². The number of guanidine groups is 1. The zero-order chi connectivity index (χ0) is 14.6. The molecule has 5 heteroatoms. The molecule has 0 bridgehead atoms. The largest absolute Gasteiger partial charge is 0.481 e. The molecule has 0 radical (unpaired) electrons. The van der Waals surface area contributed by atoms with Gasteiger partial charge in [-0.25, -0.2) is 0 Å². The quantitative estimate of drug-likeness (QED) is 0.475. The molecule has 0 aliphatic rings. The second kappa shape index (κ2) is 11.4. The molecule has 0 saturated heterocycles. The third-order valence-electron chi connectivity index (χ3n) is 1.49. The van der Waals surface area contributed by atoms with E-state index in [2.05, 4.69) is 55.6 Å². The van der Waals surface area contributed by atoms with Gasteiger partial charge in [-0.3, -0.25) is 10.2 Å². The molecule has 0 fully saturated rings. The van der Waals surface area contributed by atoms with Crippen LogP contribution in [0.25, 0.3) is 0 Å². The highest BCUT2D eigenvalue weighted by Gasteiger charge is 1.94. The standard InChI is InChI=1S/C10H14.C2H4O2.CH5N3/c1-9(2)8-10-6-4-3-5-7-10;1-2(3)4;2-1(3)4/h3-7,9H,8H2,1-2H3;1H3,(H,3,4);(H5,2,3,4). The number of carboxylic acid groups (broad SMARTS) is 1. The smallest absolute Gasteiger partial charge is 0.300 e. The number of nitrogens with one attached hydrogen (secondary N) is 1. The molecule has 1 aromatic rings. The van der Waals surface area contributed by atoms with Crippen LogP contribution < -0.4 is 11.5 Å². The molecular weight excluding hydrogens is 230 g/mol. The fraction of sp³-hybridized carbons (Fsp3) is 0.385. The summed E-state index contributed by atoms with van der Waals surface area (Å²) in [4.78, 5) is 9.00. The van der Waals surface area contributed by atoms with Gasteiger partial charge >= 0.3 is 0 Å². The number of benzene rings is 1. The molecule has 0 saturated carbocycles. The summed E-state index contributed by atoms with van der Waals surface area (Å²) in [5, 5.41) is 13.5. The highest BCUT2D eigenvalue weighted by atomic mass is 16.4. The topological polar surface area (TPSA) is 113 Å². The van der Waals surface area contributed by atoms with Crippen LogP contribution in [0, 0.1) is 11.3 Å². The van der Waals surface area contributed by atoms with Crippen molar-refractivity contribution < 1.29 is 9.90 Å². The molecule has 102 valence electrons. The van der Waals surface area contributed by atoms with Gasteiger partial charge in [0, 0.05) is 6.92 Å². The summed E-state index contributed by atoms with van der Waals surface area (Å²) in [6.45, 7) is 5.57. The third kappa shape index (κ3) is 23.6. The van der Waals surface area contributed by atoms with Crippen molar-refractivity contribution in [2.45, 2.75) is 27.2 Å². The molecule has 0 unspecified atom stereocenters. The molecule has 1 rings (SSSR count). The summed E-state index contributed by atoms with van der Waals surface area (Å²) >= 11 is 0. The molecule has 0 aliphatic heterocycles. The van der Waals surface area contributed by atoms with Gasteiger partial charge in [0.05, 0.1) is 0 Å². The average Bonchev–Trinajstić information content (AvgIpc) is 2.16. The van der Waals surface area contributed by atoms with Crippen molar-refractivity contribution in [3.63, 3.8) is 0 Å². The predicted molar refractivity (Wildman–Crippen MR) is 74.4 cm³/mol. The zero-order valence-corrected chi connectivity index (χ0v) is 11.2. The lowest BCUT2D eigenvalue weighted by Gasteiger charge is -2.02. The number of hydrogen-bond donors (Lipinski definition) is 4. The first-order valence-corrected chi connectivity index (χ1v) is 5.58. The second-order valence-corrected chi connectivity index (χ2v) is 4.06. The van der Waals surface area contributed by atoms with E-state index >= 15 is 0 Å². The fourth-order valence-corrected chi connectivity index (χ4v) is 1.09. The van der Waals surface area contributed by atoms with Gasteiger partial charge < -0.3 is 16.6 Å². The van der Waals surface area contributed by atoms with Crippen LogP contribution in [0.5, 0.6) is 0 Å². The molecule has 0 atom stereocenters. The van der Waals surface area contributed by atoms with Gasteiger partial charge in [-0.15, -0.1) is 0 Å². The maximum Gasteiger partial charge on any atom is 0.300 e. The van der Waals surface area contributed by atoms with Crippen molar-refractivity contribution in [2.24, 2.45) is 17.4 Å². The summed E-state index contributed by atoms with van der Waals surface area (Å²) in [6, 6.07) is 10.6. The minimum absolute atomic E-state index is 0.333. The van der Waals surface area contributed by atoms with E-state index in [9.17, 15) is 0 Å². The van der Waals surface area contributed by atoms with Crippen molar-refractivity contribution in [1.82, 2.24) is 0 Å². The van der Waals surface area contributed by atoms with E-state index < -0.39 is 5.97 Å². The van der Waals surface area contributed by atoms with Crippen LogP contribution in [0.4, 0.5) is 0 Å². The molecule has 0 amide bonds. The maximum atomic E-state index is 9.00. The van der Waals surface area contributed by atoms with Crippen molar-refractivity contribution in [3.8, 4) is 0 Å². The summed E-state index contributed by atoms with van der Waals surface area (Å²) in [5.41, 5.74) is 10.4. The molecule has 1 aromatic carbocycles. The lowest BCUT2D eigenvalue weighted by atomic mass is 10.0. The fourth-order valence-electron chi connectivity index (χ4n) is 1.09. The normalized spacial score (nSPS) is 8.44. The number of rotatable bonds is 2. The van der Waals surface area contributed by atoms with Crippen molar-refractivity contribution in [1.29, 1.82) is 5.41 Å². The van der Waals surface area contributed by atoms with Crippen molar-refractivity contribution >= 4 is 11.9 Å². The van der Waals surface area contributed by atoms with Gasteiger partial charge in [-0.2, -0.15) is 0 Å². The van der Waals surface area contributed by atoms with Crippen LogP contribution in [-0.4, -0.2) is 17.0 Å². The molecule has 0 aliphatic carbocycles. The van der Waals surface area contributed by atoms with E-state index in [1.54, 1.807) is 0 Å². The highest BCUT2D eigenvalue weighted by Crippen LogP contribution is 2.05. The molecule has 0 heterocycles. The van der Waals surface area contributed by atoms with E-state index in [1.165, 1.54) is 12.0 Å². The third-order valence-corrected chi connectivity index (χ3v) is 1.49. The number of hydrogen-bond acceptors (Lipinski definition) is 2. The van der Waals surface area contributed by atoms with Crippen LogP contribution in [-0.2, 0) is 11.2 Å². The van der Waals surface area contributed by atoms with Crippen molar-refractivity contribution in [3.05, 3.63) is 35.9 Å². The molecule has 0 spiro atoms. The first-order valence-electron chi connectivity index (χ1n) is 5.58. The maximum absolute atomic E-state index is 9.00. The Labute approximate surface area is 108 Å². The van der Waals surface area contributed by atoms with E-state index in [-0.39, 0.29) is 5.96 Å². The Morgan fingerprint density at radius 1 is 1.28 bits per heavy atom. The predicted octanol–water partition coefficient (Wildman–Crippen LogP) is 1.81. The van der Waals surface area contributed by atoms with Gasteiger partial charge in [0.1, 0.15) is 0 Å². The van der Waals surface area contributed by atoms with Crippen molar-refractivity contribution in [2.75, 3.05) is 0 Å². The Morgan fingerprint density at radius 2 is 1.61 bits per heavy atom. The van der Waals surface area contributed by atoms with Gasteiger partial charge in [-0.1, -0.05) is 44.2 Å². The molecule has 18 heavy (non-hydrogen) atoms. The van der Waals surface area contributed by atoms with E-state index in [0.717, 1.165) is 12.8 Å². The van der Waals surface area contributed by atoms with Crippen LogP contribution >= 0.6 is 0 Å². The lowest BCUT2D eigenvalue weighted by molar-refractivity contribution is -0.134. The zero-order valence-electron chi connectivity index (χ0n) is 11.2. The van der Waals surface area contributed by atoms with Crippen LogP contribution in [0.3, 0.4) is 0 Å². The van der Waals surface area contributed by atoms with Gasteiger partial charge in [0.15, 0.2) is 5.96 Å². The lowest BCUT2D eigenvalue weighted by Crippen LogP contribution is -2.20. The highest BCUT2D eigenvalue weighted by molar-refractivity contribution is 5.71. The van der Waals surface area contributed by atoms with Gasteiger partial charge in [0.25, 0.3) is 5.97 Å². The Kier molecular flexibility index (Phi) is 11.7. The monoisotopic (exact) mass is 253 g/mol. The summed E-state index contributed by atoms with van der Waals surface area (Å²) in [7, 11) is 0. The first-order chi connectivity index (χ1) is 8.25. The van der Waals surface area contributed by atoms with Crippen LogP contribution in [0.15, 0.2) is 30.3 Å². The Bertz CT molecular complexity index is 317. The minimum Gasteiger partial charge on any atom is -0.481 e. The Hall–Kier alpha value is -2.04. The minimum atomic E-state index is -0.833.